The standard InChI is InChI=1S/C11H13N3O2/c1-7-9(10(15)6-14(2)3)4-8(5-12)11(16)13-7/h4H,6H2,1-3H3,(H,13,16). The minimum Gasteiger partial charge on any atom is -0.325 e. The number of aryl methyl sites for hydroxylation is 1. The van der Waals surface area contributed by atoms with E-state index < -0.39 is 5.56 Å². The summed E-state index contributed by atoms with van der Waals surface area (Å²) < 4.78 is 0. The van der Waals surface area contributed by atoms with Gasteiger partial charge in [-0.3, -0.25) is 9.59 Å². The maximum Gasteiger partial charge on any atom is 0.266 e. The fourth-order valence-corrected chi connectivity index (χ4v) is 1.37. The highest BCUT2D eigenvalue weighted by Gasteiger charge is 2.13. The summed E-state index contributed by atoms with van der Waals surface area (Å²) in [5.41, 5.74) is 0.398. The summed E-state index contributed by atoms with van der Waals surface area (Å²) in [5, 5.41) is 8.71. The lowest BCUT2D eigenvalue weighted by Crippen LogP contribution is -2.24. The van der Waals surface area contributed by atoms with Crippen LogP contribution in [0.15, 0.2) is 10.9 Å². The first-order valence-electron chi connectivity index (χ1n) is 4.77. The molecule has 84 valence electrons. The highest BCUT2D eigenvalue weighted by molar-refractivity contribution is 5.98. The van der Waals surface area contributed by atoms with E-state index in [4.69, 9.17) is 5.26 Å². The van der Waals surface area contributed by atoms with Crippen LogP contribution in [-0.2, 0) is 0 Å². The van der Waals surface area contributed by atoms with E-state index in [-0.39, 0.29) is 17.9 Å². The first-order chi connectivity index (χ1) is 7.45. The predicted molar refractivity (Wildman–Crippen MR) is 59.4 cm³/mol. The summed E-state index contributed by atoms with van der Waals surface area (Å²) in [6.45, 7) is 1.89. The Labute approximate surface area is 93.3 Å². The molecule has 1 aromatic heterocycles. The van der Waals surface area contributed by atoms with Gasteiger partial charge in [0, 0.05) is 11.3 Å². The zero-order valence-electron chi connectivity index (χ0n) is 9.50. The molecule has 0 radical (unpaired) electrons. The minimum absolute atomic E-state index is 0.0345. The van der Waals surface area contributed by atoms with Crippen molar-refractivity contribution in [1.82, 2.24) is 9.88 Å². The molecule has 0 unspecified atom stereocenters. The molecule has 1 heterocycles. The molecule has 1 N–H and O–H groups in total. The van der Waals surface area contributed by atoms with E-state index >= 15 is 0 Å². The van der Waals surface area contributed by atoms with Crippen LogP contribution in [0.2, 0.25) is 0 Å². The van der Waals surface area contributed by atoms with Gasteiger partial charge in [-0.15, -0.1) is 0 Å². The number of carbonyl (C=O) groups is 1. The van der Waals surface area contributed by atoms with Gasteiger partial charge in [-0.05, 0) is 27.1 Å². The van der Waals surface area contributed by atoms with Crippen molar-refractivity contribution < 1.29 is 4.79 Å². The van der Waals surface area contributed by atoms with E-state index in [0.717, 1.165) is 0 Å². The van der Waals surface area contributed by atoms with Crippen LogP contribution in [0.4, 0.5) is 0 Å². The normalized spacial score (nSPS) is 10.2. The van der Waals surface area contributed by atoms with Crippen molar-refractivity contribution in [3.05, 3.63) is 33.2 Å². The Balaban J connectivity index is 3.20. The number of ketones is 1. The number of Topliss-reactive ketones (excluding diaryl/α,β-unsaturated/α-hetero) is 1. The van der Waals surface area contributed by atoms with Crippen LogP contribution in [0.3, 0.4) is 0 Å². The molecule has 0 amide bonds. The Kier molecular flexibility index (Phi) is 3.59. The van der Waals surface area contributed by atoms with Crippen molar-refractivity contribution >= 4 is 5.78 Å². The number of likely N-dealkylation sites (N-methyl/N-ethyl adjacent to an activating group) is 1. The Morgan fingerprint density at radius 3 is 2.69 bits per heavy atom. The van der Waals surface area contributed by atoms with Crippen molar-refractivity contribution in [3.63, 3.8) is 0 Å². The lowest BCUT2D eigenvalue weighted by molar-refractivity contribution is 0.0957. The van der Waals surface area contributed by atoms with Gasteiger partial charge in [0.1, 0.15) is 11.6 Å². The molecule has 1 aromatic rings. The number of hydrogen-bond donors (Lipinski definition) is 1. The van der Waals surface area contributed by atoms with Crippen LogP contribution in [0.1, 0.15) is 21.6 Å². The summed E-state index contributed by atoms with van der Waals surface area (Å²) >= 11 is 0. The molecule has 0 bridgehead atoms. The second-order valence-electron chi connectivity index (χ2n) is 3.82. The number of nitrogens with zero attached hydrogens (tertiary/aromatic N) is 2. The topological polar surface area (TPSA) is 77.0 Å². The van der Waals surface area contributed by atoms with Crippen LogP contribution >= 0.6 is 0 Å². The quantitative estimate of drug-likeness (QED) is 0.742. The van der Waals surface area contributed by atoms with E-state index in [1.807, 2.05) is 0 Å². The van der Waals surface area contributed by atoms with Gasteiger partial charge in [0.2, 0.25) is 0 Å². The Morgan fingerprint density at radius 1 is 1.56 bits per heavy atom. The summed E-state index contributed by atoms with van der Waals surface area (Å²) in [4.78, 5) is 27.3. The molecule has 0 saturated carbocycles. The van der Waals surface area contributed by atoms with Gasteiger partial charge in [0.05, 0.1) is 6.54 Å². The van der Waals surface area contributed by atoms with Crippen LogP contribution in [0.5, 0.6) is 0 Å². The molecule has 1 rings (SSSR count). The molecule has 0 aliphatic heterocycles. The highest BCUT2D eigenvalue weighted by Crippen LogP contribution is 2.06. The first-order valence-corrected chi connectivity index (χ1v) is 4.77. The molecule has 0 spiro atoms. The van der Waals surface area contributed by atoms with Gasteiger partial charge in [0.15, 0.2) is 5.78 Å². The summed E-state index contributed by atoms with van der Waals surface area (Å²) in [5.74, 6) is -0.116. The highest BCUT2D eigenvalue weighted by atomic mass is 16.1. The number of pyridine rings is 1. The Hall–Kier alpha value is -1.93. The van der Waals surface area contributed by atoms with E-state index in [1.165, 1.54) is 6.07 Å². The molecule has 0 aliphatic carbocycles. The van der Waals surface area contributed by atoms with Crippen molar-refractivity contribution in [1.29, 1.82) is 5.26 Å². The molecule has 0 saturated heterocycles. The lowest BCUT2D eigenvalue weighted by Gasteiger charge is -2.10. The van der Waals surface area contributed by atoms with E-state index in [2.05, 4.69) is 4.98 Å². The molecule has 0 aromatic carbocycles. The molecule has 0 atom stereocenters. The fourth-order valence-electron chi connectivity index (χ4n) is 1.37. The number of rotatable bonds is 3. The first kappa shape index (κ1) is 12.1. The lowest BCUT2D eigenvalue weighted by atomic mass is 10.1. The van der Waals surface area contributed by atoms with Crippen molar-refractivity contribution in [2.24, 2.45) is 0 Å². The number of nitrogens with one attached hydrogen (secondary N) is 1. The number of aromatic nitrogens is 1. The number of aromatic amines is 1. The maximum atomic E-state index is 11.8. The third kappa shape index (κ3) is 2.55. The molecule has 5 heteroatoms. The van der Waals surface area contributed by atoms with Crippen molar-refractivity contribution in [2.75, 3.05) is 20.6 Å². The monoisotopic (exact) mass is 219 g/mol. The molecular weight excluding hydrogens is 206 g/mol. The van der Waals surface area contributed by atoms with Crippen LogP contribution in [0, 0.1) is 18.3 Å². The summed E-state index contributed by atoms with van der Waals surface area (Å²) in [7, 11) is 3.56. The summed E-state index contributed by atoms with van der Waals surface area (Å²) in [6.07, 6.45) is 0. The molecule has 5 nitrogen and oxygen atoms in total. The third-order valence-electron chi connectivity index (χ3n) is 2.12. The second-order valence-corrected chi connectivity index (χ2v) is 3.82. The van der Waals surface area contributed by atoms with Crippen molar-refractivity contribution in [3.8, 4) is 6.07 Å². The third-order valence-corrected chi connectivity index (χ3v) is 2.12. The molecule has 0 aliphatic rings. The number of nitriles is 1. The fraction of sp³-hybridized carbons (Fsp3) is 0.364. The van der Waals surface area contributed by atoms with E-state index in [1.54, 1.807) is 32.0 Å². The smallest absolute Gasteiger partial charge is 0.266 e. The summed E-state index contributed by atoms with van der Waals surface area (Å²) in [6, 6.07) is 3.11. The number of hydrogen-bond acceptors (Lipinski definition) is 4. The Bertz CT molecular complexity index is 509. The Morgan fingerprint density at radius 2 is 2.19 bits per heavy atom. The number of H-pyrrole nitrogens is 1. The van der Waals surface area contributed by atoms with Gasteiger partial charge in [-0.2, -0.15) is 5.26 Å². The molecular formula is C11H13N3O2. The average molecular weight is 219 g/mol. The largest absolute Gasteiger partial charge is 0.325 e. The van der Waals surface area contributed by atoms with Gasteiger partial charge in [-0.25, -0.2) is 0 Å². The number of carbonyl (C=O) groups excluding carboxylic acids is 1. The van der Waals surface area contributed by atoms with Gasteiger partial charge < -0.3 is 9.88 Å². The minimum atomic E-state index is -0.457. The molecule has 16 heavy (non-hydrogen) atoms. The van der Waals surface area contributed by atoms with Crippen LogP contribution in [-0.4, -0.2) is 36.3 Å². The predicted octanol–water partition coefficient (Wildman–Crippen LogP) is 0.299. The second kappa shape index (κ2) is 4.73. The average Bonchev–Trinajstić information content (AvgIpc) is 2.16. The van der Waals surface area contributed by atoms with Crippen molar-refractivity contribution in [2.45, 2.75) is 6.92 Å². The van der Waals surface area contributed by atoms with Gasteiger partial charge in [0.25, 0.3) is 5.56 Å². The van der Waals surface area contributed by atoms with E-state index in [9.17, 15) is 9.59 Å². The maximum absolute atomic E-state index is 11.8. The zero-order chi connectivity index (χ0) is 12.3. The van der Waals surface area contributed by atoms with E-state index in [0.29, 0.717) is 11.3 Å². The van der Waals surface area contributed by atoms with Crippen LogP contribution in [0.25, 0.3) is 0 Å². The molecule has 0 fully saturated rings. The van der Waals surface area contributed by atoms with Crippen LogP contribution < -0.4 is 5.56 Å². The van der Waals surface area contributed by atoms with Gasteiger partial charge >= 0.3 is 0 Å². The zero-order valence-corrected chi connectivity index (χ0v) is 9.50. The SMILES string of the molecule is Cc1[nH]c(=O)c(C#N)cc1C(=O)CN(C)C. The van der Waals surface area contributed by atoms with Gasteiger partial charge in [-0.1, -0.05) is 0 Å².